The van der Waals surface area contributed by atoms with E-state index in [0.717, 1.165) is 22.8 Å². The van der Waals surface area contributed by atoms with Gasteiger partial charge in [-0.2, -0.15) is 13.2 Å². The van der Waals surface area contributed by atoms with E-state index in [-0.39, 0.29) is 12.5 Å². The van der Waals surface area contributed by atoms with Crippen molar-refractivity contribution in [1.82, 2.24) is 5.32 Å². The van der Waals surface area contributed by atoms with Crippen molar-refractivity contribution < 1.29 is 13.2 Å². The van der Waals surface area contributed by atoms with Crippen molar-refractivity contribution in [3.8, 4) is 0 Å². The van der Waals surface area contributed by atoms with Crippen LogP contribution < -0.4 is 5.32 Å². The van der Waals surface area contributed by atoms with Gasteiger partial charge in [0.15, 0.2) is 0 Å². The van der Waals surface area contributed by atoms with E-state index in [1.807, 2.05) is 49.4 Å². The topological polar surface area (TPSA) is 12.0 Å². The Kier molecular flexibility index (Phi) is 5.23. The minimum absolute atomic E-state index is 0.0670. The Hall–Kier alpha value is -1.55. The number of hydrogen-bond acceptors (Lipinski definition) is 1. The first-order valence-electron chi connectivity index (χ1n) is 7.29. The van der Waals surface area contributed by atoms with Crippen LogP contribution >= 0.6 is 0 Å². The molecule has 0 radical (unpaired) electrons. The summed E-state index contributed by atoms with van der Waals surface area (Å²) in [5.41, 5.74) is 0.950. The highest BCUT2D eigenvalue weighted by Gasteiger charge is 2.28. The second kappa shape index (κ2) is 6.94. The zero-order valence-corrected chi connectivity index (χ0v) is 12.1. The smallest absolute Gasteiger partial charge is 0.310 e. The summed E-state index contributed by atoms with van der Waals surface area (Å²) in [5.74, 6) is 0. The number of nitrogens with one attached hydrogen (secondary N) is 1. The van der Waals surface area contributed by atoms with Crippen LogP contribution in [-0.4, -0.2) is 12.7 Å². The van der Waals surface area contributed by atoms with Crippen molar-refractivity contribution in [1.29, 1.82) is 0 Å². The summed E-state index contributed by atoms with van der Waals surface area (Å²) in [4.78, 5) is 0. The molecule has 1 atom stereocenters. The molecule has 0 heterocycles. The van der Waals surface area contributed by atoms with Gasteiger partial charge < -0.3 is 5.32 Å². The molecule has 0 aliphatic rings. The van der Waals surface area contributed by atoms with Crippen LogP contribution in [0.1, 0.15) is 37.8 Å². The molecule has 0 aliphatic carbocycles. The Morgan fingerprint density at radius 1 is 1.05 bits per heavy atom. The fourth-order valence-electron chi connectivity index (χ4n) is 2.55. The zero-order valence-electron chi connectivity index (χ0n) is 12.1. The molecule has 0 fully saturated rings. The lowest BCUT2D eigenvalue weighted by Crippen LogP contribution is -2.24. The predicted molar refractivity (Wildman–Crippen MR) is 80.3 cm³/mol. The molecule has 2 aromatic carbocycles. The normalized spacial score (nSPS) is 13.5. The number of halogens is 3. The summed E-state index contributed by atoms with van der Waals surface area (Å²) in [6.07, 6.45) is -3.92. The first-order chi connectivity index (χ1) is 10.0. The Morgan fingerprint density at radius 3 is 2.48 bits per heavy atom. The lowest BCUT2D eigenvalue weighted by Gasteiger charge is -2.21. The third-order valence-electron chi connectivity index (χ3n) is 3.56. The molecular formula is C17H20F3N. The molecule has 1 unspecified atom stereocenters. The number of benzene rings is 2. The van der Waals surface area contributed by atoms with Crippen molar-refractivity contribution >= 4 is 10.8 Å². The van der Waals surface area contributed by atoms with E-state index < -0.39 is 12.6 Å². The second-order valence-corrected chi connectivity index (χ2v) is 5.23. The molecule has 0 aliphatic heterocycles. The SMILES string of the molecule is CCCNC(CCC(F)(F)F)c1cccc2ccccc12. The molecule has 21 heavy (non-hydrogen) atoms. The Labute approximate surface area is 123 Å². The van der Waals surface area contributed by atoms with Gasteiger partial charge >= 0.3 is 6.18 Å². The summed E-state index contributed by atoms with van der Waals surface area (Å²) in [5, 5.41) is 5.33. The van der Waals surface area contributed by atoms with Gasteiger partial charge in [0, 0.05) is 12.5 Å². The molecule has 2 rings (SSSR count). The summed E-state index contributed by atoms with van der Waals surface area (Å²) in [7, 11) is 0. The summed E-state index contributed by atoms with van der Waals surface area (Å²) >= 11 is 0. The first kappa shape index (κ1) is 15.8. The highest BCUT2D eigenvalue weighted by atomic mass is 19.4. The number of hydrogen-bond donors (Lipinski definition) is 1. The van der Waals surface area contributed by atoms with Gasteiger partial charge in [-0.15, -0.1) is 0 Å². The van der Waals surface area contributed by atoms with Crippen molar-refractivity contribution in [2.75, 3.05) is 6.54 Å². The number of fused-ring (bicyclic) bond motifs is 1. The van der Waals surface area contributed by atoms with Crippen LogP contribution in [0.15, 0.2) is 42.5 Å². The maximum atomic E-state index is 12.5. The second-order valence-electron chi connectivity index (χ2n) is 5.23. The molecule has 0 amide bonds. The third-order valence-corrected chi connectivity index (χ3v) is 3.56. The minimum atomic E-state index is -4.11. The monoisotopic (exact) mass is 295 g/mol. The molecule has 0 saturated heterocycles. The maximum absolute atomic E-state index is 12.5. The molecule has 1 N–H and O–H groups in total. The molecular weight excluding hydrogens is 275 g/mol. The molecule has 114 valence electrons. The quantitative estimate of drug-likeness (QED) is 0.770. The predicted octanol–water partition coefficient (Wildman–Crippen LogP) is 5.22. The van der Waals surface area contributed by atoms with E-state index in [2.05, 4.69) is 5.32 Å². The fourth-order valence-corrected chi connectivity index (χ4v) is 2.55. The van der Waals surface area contributed by atoms with E-state index in [1.165, 1.54) is 0 Å². The van der Waals surface area contributed by atoms with E-state index >= 15 is 0 Å². The molecule has 2 aromatic rings. The standard InChI is InChI=1S/C17H20F3N/c1-2-12-21-16(10-11-17(18,19)20)15-9-5-7-13-6-3-4-8-14(13)15/h3-9,16,21H,2,10-12H2,1H3. The van der Waals surface area contributed by atoms with Crippen LogP contribution in [0.4, 0.5) is 13.2 Å². The molecule has 0 bridgehead atoms. The van der Waals surface area contributed by atoms with Crippen LogP contribution in [-0.2, 0) is 0 Å². The van der Waals surface area contributed by atoms with Crippen LogP contribution in [0.2, 0.25) is 0 Å². The van der Waals surface area contributed by atoms with E-state index in [0.29, 0.717) is 6.54 Å². The lowest BCUT2D eigenvalue weighted by atomic mass is 9.95. The van der Waals surface area contributed by atoms with Gasteiger partial charge in [0.25, 0.3) is 0 Å². The molecule has 0 spiro atoms. The van der Waals surface area contributed by atoms with E-state index in [9.17, 15) is 13.2 Å². The van der Waals surface area contributed by atoms with Crippen molar-refractivity contribution in [2.45, 2.75) is 38.4 Å². The van der Waals surface area contributed by atoms with Gasteiger partial charge in [0.1, 0.15) is 0 Å². The van der Waals surface area contributed by atoms with Crippen molar-refractivity contribution in [3.05, 3.63) is 48.0 Å². The Balaban J connectivity index is 2.29. The summed E-state index contributed by atoms with van der Waals surface area (Å²) < 4.78 is 37.6. The highest BCUT2D eigenvalue weighted by molar-refractivity contribution is 5.86. The molecule has 1 nitrogen and oxygen atoms in total. The van der Waals surface area contributed by atoms with Crippen LogP contribution in [0.3, 0.4) is 0 Å². The summed E-state index contributed by atoms with van der Waals surface area (Å²) in [6.45, 7) is 2.72. The van der Waals surface area contributed by atoms with E-state index in [1.54, 1.807) is 0 Å². The van der Waals surface area contributed by atoms with Gasteiger partial charge in [-0.25, -0.2) is 0 Å². The van der Waals surface area contributed by atoms with Crippen molar-refractivity contribution in [2.24, 2.45) is 0 Å². The maximum Gasteiger partial charge on any atom is 0.389 e. The van der Waals surface area contributed by atoms with Crippen molar-refractivity contribution in [3.63, 3.8) is 0 Å². The highest BCUT2D eigenvalue weighted by Crippen LogP contribution is 2.31. The average molecular weight is 295 g/mol. The van der Waals surface area contributed by atoms with Crippen LogP contribution in [0.25, 0.3) is 10.8 Å². The third kappa shape index (κ3) is 4.46. The fraction of sp³-hybridized carbons (Fsp3) is 0.412. The Morgan fingerprint density at radius 2 is 1.76 bits per heavy atom. The molecule has 0 saturated carbocycles. The first-order valence-corrected chi connectivity index (χ1v) is 7.29. The lowest BCUT2D eigenvalue weighted by molar-refractivity contribution is -0.136. The minimum Gasteiger partial charge on any atom is -0.310 e. The van der Waals surface area contributed by atoms with Crippen LogP contribution in [0, 0.1) is 0 Å². The zero-order chi connectivity index (χ0) is 15.3. The molecule has 0 aromatic heterocycles. The van der Waals surface area contributed by atoms with E-state index in [4.69, 9.17) is 0 Å². The Bertz CT molecular complexity index is 572. The van der Waals surface area contributed by atoms with Gasteiger partial charge in [0.2, 0.25) is 0 Å². The number of rotatable bonds is 6. The van der Waals surface area contributed by atoms with Crippen LogP contribution in [0.5, 0.6) is 0 Å². The average Bonchev–Trinajstić information content (AvgIpc) is 2.46. The van der Waals surface area contributed by atoms with Gasteiger partial charge in [0.05, 0.1) is 0 Å². The van der Waals surface area contributed by atoms with Gasteiger partial charge in [-0.1, -0.05) is 49.4 Å². The van der Waals surface area contributed by atoms with Gasteiger partial charge in [-0.3, -0.25) is 0 Å². The number of alkyl halides is 3. The molecule has 4 heteroatoms. The largest absolute Gasteiger partial charge is 0.389 e. The van der Waals surface area contributed by atoms with Gasteiger partial charge in [-0.05, 0) is 35.7 Å². The summed E-state index contributed by atoms with van der Waals surface area (Å²) in [6, 6.07) is 13.4.